The Morgan fingerprint density at radius 3 is 2.36 bits per heavy atom. The van der Waals surface area contributed by atoms with Crippen molar-refractivity contribution in [3.05, 3.63) is 0 Å². The van der Waals surface area contributed by atoms with Crippen molar-refractivity contribution in [3.63, 3.8) is 0 Å². The molecular weight excluding hydrogens is 311 g/mol. The average Bonchev–Trinajstić information content (AvgIpc) is 3.21. The summed E-state index contributed by atoms with van der Waals surface area (Å²) in [6, 6.07) is 0.0445. The Hall–Kier alpha value is -1.18. The third-order valence-electron chi connectivity index (χ3n) is 4.82. The highest BCUT2D eigenvalue weighted by Gasteiger charge is 2.39. The van der Waals surface area contributed by atoms with Crippen LogP contribution in [0.1, 0.15) is 32.1 Å². The van der Waals surface area contributed by atoms with Crippen LogP contribution in [0.5, 0.6) is 0 Å². The van der Waals surface area contributed by atoms with Gasteiger partial charge in [0.1, 0.15) is 0 Å². The van der Waals surface area contributed by atoms with Crippen LogP contribution in [0, 0.1) is 11.8 Å². The van der Waals surface area contributed by atoms with E-state index in [9.17, 15) is 21.9 Å². The Bertz CT molecular complexity index is 567. The second-order valence-electron chi connectivity index (χ2n) is 6.65. The Kier molecular flexibility index (Phi) is 4.13. The summed E-state index contributed by atoms with van der Waals surface area (Å²) < 4.78 is 34.2. The number of rotatable bonds is 4. The summed E-state index contributed by atoms with van der Waals surface area (Å²) in [5.74, 6) is -0.681. The molecule has 22 heavy (non-hydrogen) atoms. The Morgan fingerprint density at radius 1 is 1.18 bits per heavy atom. The number of likely N-dealkylation sites (tertiary alicyclic amines) is 2. The number of carbonyl (C=O) groups excluding carboxylic acids is 2. The molecule has 1 unspecified atom stereocenters. The molecular formula is C14H21FN2O4S. The molecule has 3 aliphatic rings. The van der Waals surface area contributed by atoms with E-state index in [4.69, 9.17) is 0 Å². The maximum absolute atomic E-state index is 12.8. The van der Waals surface area contributed by atoms with Crippen LogP contribution in [0.15, 0.2) is 0 Å². The first-order chi connectivity index (χ1) is 10.3. The summed E-state index contributed by atoms with van der Waals surface area (Å²) in [5, 5.41) is 0. The molecule has 0 radical (unpaired) electrons. The van der Waals surface area contributed by atoms with Crippen LogP contribution in [-0.4, -0.2) is 61.5 Å². The first kappa shape index (κ1) is 15.7. The zero-order valence-corrected chi connectivity index (χ0v) is 13.2. The third-order valence-corrected chi connectivity index (χ3v) is 5.69. The fraction of sp³-hybridized carbons (Fsp3) is 0.857. The van der Waals surface area contributed by atoms with Gasteiger partial charge in [0.15, 0.2) is 0 Å². The number of halogens is 1. The van der Waals surface area contributed by atoms with Crippen LogP contribution in [0.3, 0.4) is 0 Å². The summed E-state index contributed by atoms with van der Waals surface area (Å²) in [6.07, 6.45) is 3.52. The summed E-state index contributed by atoms with van der Waals surface area (Å²) >= 11 is 0. The summed E-state index contributed by atoms with van der Waals surface area (Å²) in [5.41, 5.74) is 0. The summed E-state index contributed by atoms with van der Waals surface area (Å²) in [4.78, 5) is 27.6. The van der Waals surface area contributed by atoms with Gasteiger partial charge in [-0.1, -0.05) is 0 Å². The third kappa shape index (κ3) is 3.59. The maximum atomic E-state index is 12.8. The van der Waals surface area contributed by atoms with E-state index in [0.29, 0.717) is 19.6 Å². The molecule has 2 saturated heterocycles. The van der Waals surface area contributed by atoms with Crippen molar-refractivity contribution in [2.24, 2.45) is 11.8 Å². The summed E-state index contributed by atoms with van der Waals surface area (Å²) in [7, 11) is -4.54. The molecule has 0 aromatic rings. The number of piperidine rings is 1. The molecule has 0 spiro atoms. The number of hydrogen-bond acceptors (Lipinski definition) is 4. The van der Waals surface area contributed by atoms with Crippen LogP contribution in [0.25, 0.3) is 0 Å². The van der Waals surface area contributed by atoms with E-state index in [2.05, 4.69) is 0 Å². The molecule has 0 N–H and O–H groups in total. The van der Waals surface area contributed by atoms with Crippen molar-refractivity contribution in [2.75, 3.05) is 25.4 Å². The Labute approximate surface area is 129 Å². The Morgan fingerprint density at radius 2 is 1.82 bits per heavy atom. The van der Waals surface area contributed by atoms with E-state index >= 15 is 0 Å². The van der Waals surface area contributed by atoms with Crippen molar-refractivity contribution in [3.8, 4) is 0 Å². The molecule has 8 heteroatoms. The Balaban J connectivity index is 1.52. The molecule has 3 fully saturated rings. The van der Waals surface area contributed by atoms with Gasteiger partial charge >= 0.3 is 10.2 Å². The largest absolute Gasteiger partial charge is 0.342 e. The van der Waals surface area contributed by atoms with Crippen LogP contribution < -0.4 is 0 Å². The highest BCUT2D eigenvalue weighted by Crippen LogP contribution is 2.33. The highest BCUT2D eigenvalue weighted by atomic mass is 32.3. The lowest BCUT2D eigenvalue weighted by molar-refractivity contribution is -0.135. The molecule has 2 aliphatic heterocycles. The first-order valence-corrected chi connectivity index (χ1v) is 9.39. The number of hydrogen-bond donors (Lipinski definition) is 0. The average molecular weight is 332 g/mol. The second-order valence-corrected chi connectivity index (χ2v) is 8.06. The lowest BCUT2D eigenvalue weighted by atomic mass is 10.0. The van der Waals surface area contributed by atoms with Crippen LogP contribution in [0.4, 0.5) is 3.89 Å². The van der Waals surface area contributed by atoms with E-state index in [0.717, 1.165) is 25.7 Å². The predicted molar refractivity (Wildman–Crippen MR) is 77.0 cm³/mol. The number of nitrogens with zero attached hydrogens (tertiary/aromatic N) is 2. The van der Waals surface area contributed by atoms with Crippen LogP contribution >= 0.6 is 0 Å². The molecule has 1 saturated carbocycles. The van der Waals surface area contributed by atoms with Crippen LogP contribution in [0.2, 0.25) is 0 Å². The predicted octanol–water partition coefficient (Wildman–Crippen LogP) is 0.535. The second kappa shape index (κ2) is 5.79. The topological polar surface area (TPSA) is 74.8 Å². The number of amides is 2. The minimum Gasteiger partial charge on any atom is -0.342 e. The molecule has 3 rings (SSSR count). The molecule has 1 atom stereocenters. The maximum Gasteiger partial charge on any atom is 0.302 e. The lowest BCUT2D eigenvalue weighted by Gasteiger charge is -2.37. The van der Waals surface area contributed by atoms with Gasteiger partial charge in [0.25, 0.3) is 0 Å². The monoisotopic (exact) mass is 332 g/mol. The van der Waals surface area contributed by atoms with E-state index in [1.807, 2.05) is 4.90 Å². The molecule has 0 bridgehead atoms. The quantitative estimate of drug-likeness (QED) is 0.704. The van der Waals surface area contributed by atoms with Gasteiger partial charge in [-0.05, 0) is 25.7 Å². The molecule has 2 heterocycles. The molecule has 0 aromatic carbocycles. The van der Waals surface area contributed by atoms with Crippen molar-refractivity contribution in [1.29, 1.82) is 0 Å². The SMILES string of the molecule is O=C(C1CC1)N1CCC(N2CC(CS(=O)(=O)F)CC2=O)CC1. The van der Waals surface area contributed by atoms with E-state index in [1.54, 1.807) is 4.90 Å². The van der Waals surface area contributed by atoms with E-state index in [1.165, 1.54) is 0 Å². The van der Waals surface area contributed by atoms with Crippen molar-refractivity contribution >= 4 is 22.0 Å². The highest BCUT2D eigenvalue weighted by molar-refractivity contribution is 7.86. The minimum absolute atomic E-state index is 0.0445. The normalized spacial score (nSPS) is 27.5. The zero-order chi connectivity index (χ0) is 15.9. The van der Waals surface area contributed by atoms with Gasteiger partial charge in [-0.25, -0.2) is 0 Å². The lowest BCUT2D eigenvalue weighted by Crippen LogP contribution is -2.47. The van der Waals surface area contributed by atoms with E-state index < -0.39 is 21.9 Å². The van der Waals surface area contributed by atoms with Gasteiger partial charge in [-0.3, -0.25) is 9.59 Å². The number of carbonyl (C=O) groups is 2. The van der Waals surface area contributed by atoms with Gasteiger partial charge in [-0.2, -0.15) is 8.42 Å². The van der Waals surface area contributed by atoms with Crippen molar-refractivity contribution in [1.82, 2.24) is 9.80 Å². The van der Waals surface area contributed by atoms with E-state index in [-0.39, 0.29) is 30.2 Å². The first-order valence-electron chi connectivity index (χ1n) is 7.84. The molecule has 6 nitrogen and oxygen atoms in total. The van der Waals surface area contributed by atoms with Gasteiger partial charge in [0.2, 0.25) is 11.8 Å². The molecule has 0 aromatic heterocycles. The van der Waals surface area contributed by atoms with Gasteiger partial charge in [-0.15, -0.1) is 3.89 Å². The van der Waals surface area contributed by atoms with Crippen LogP contribution in [-0.2, 0) is 19.8 Å². The van der Waals surface area contributed by atoms with Gasteiger partial charge in [0.05, 0.1) is 5.75 Å². The zero-order valence-electron chi connectivity index (χ0n) is 12.4. The molecule has 2 amide bonds. The fourth-order valence-electron chi connectivity index (χ4n) is 3.54. The molecule has 124 valence electrons. The van der Waals surface area contributed by atoms with Gasteiger partial charge in [0, 0.05) is 43.9 Å². The smallest absolute Gasteiger partial charge is 0.302 e. The standard InChI is InChI=1S/C14H21FN2O4S/c15-22(20,21)9-10-7-13(18)17(8-10)12-3-5-16(6-4-12)14(19)11-1-2-11/h10-12H,1-9H2. The van der Waals surface area contributed by atoms with Crippen molar-refractivity contribution in [2.45, 2.75) is 38.1 Å². The van der Waals surface area contributed by atoms with Gasteiger partial charge < -0.3 is 9.80 Å². The molecule has 1 aliphatic carbocycles. The summed E-state index contributed by atoms with van der Waals surface area (Å²) in [6.45, 7) is 1.61. The van der Waals surface area contributed by atoms with Crippen molar-refractivity contribution < 1.29 is 21.9 Å². The fourth-order valence-corrected chi connectivity index (χ4v) is 4.33. The minimum atomic E-state index is -4.54.